The van der Waals surface area contributed by atoms with E-state index in [0.29, 0.717) is 0 Å². The Kier molecular flexibility index (Phi) is 7.18. The number of hydrogen-bond acceptors (Lipinski definition) is 4. The number of imidazole rings is 1. The summed E-state index contributed by atoms with van der Waals surface area (Å²) in [4.78, 5) is 6.82. The van der Waals surface area contributed by atoms with Crippen molar-refractivity contribution >= 4 is 5.95 Å². The lowest BCUT2D eigenvalue weighted by Crippen LogP contribution is -2.32. The van der Waals surface area contributed by atoms with Crippen molar-refractivity contribution in [3.8, 4) is 0 Å². The molecule has 1 N–H and O–H groups in total. The second-order valence-electron chi connectivity index (χ2n) is 6.71. The van der Waals surface area contributed by atoms with Crippen molar-refractivity contribution in [3.05, 3.63) is 11.9 Å². The molecular weight excluding hydrogens is 264 g/mol. The largest absolute Gasteiger partial charge is 0.382 e. The molecule has 0 aliphatic rings. The van der Waals surface area contributed by atoms with Crippen LogP contribution in [0.4, 0.5) is 5.95 Å². The van der Waals surface area contributed by atoms with Crippen LogP contribution in [0.15, 0.2) is 6.20 Å². The fraction of sp³-hybridized carbons (Fsp3) is 0.812. The van der Waals surface area contributed by atoms with Crippen molar-refractivity contribution in [1.82, 2.24) is 14.5 Å². The first-order valence-corrected chi connectivity index (χ1v) is 7.84. The second kappa shape index (κ2) is 8.39. The molecule has 0 amide bonds. The lowest BCUT2D eigenvalue weighted by atomic mass is 9.93. The Hall–Kier alpha value is -1.07. The number of aryl methyl sites for hydroxylation is 1. The molecule has 1 aromatic heterocycles. The van der Waals surface area contributed by atoms with E-state index in [4.69, 9.17) is 4.74 Å². The average Bonchev–Trinajstić information content (AvgIpc) is 2.66. The van der Waals surface area contributed by atoms with Gasteiger partial charge in [-0.05, 0) is 39.8 Å². The highest BCUT2D eigenvalue weighted by atomic mass is 16.5. The molecule has 122 valence electrons. The summed E-state index contributed by atoms with van der Waals surface area (Å²) in [6.45, 7) is 13.1. The Bertz CT molecular complexity index is 412. The van der Waals surface area contributed by atoms with Gasteiger partial charge in [-0.25, -0.2) is 4.98 Å². The van der Waals surface area contributed by atoms with Gasteiger partial charge in [0.2, 0.25) is 5.95 Å². The van der Waals surface area contributed by atoms with Gasteiger partial charge in [-0.2, -0.15) is 0 Å². The molecule has 0 unspecified atom stereocenters. The topological polar surface area (TPSA) is 42.3 Å². The predicted molar refractivity (Wildman–Crippen MR) is 88.9 cm³/mol. The summed E-state index contributed by atoms with van der Waals surface area (Å²) in [5, 5.41) is 3.43. The third kappa shape index (κ3) is 6.96. The highest BCUT2D eigenvalue weighted by Gasteiger charge is 2.21. The van der Waals surface area contributed by atoms with Gasteiger partial charge < -0.3 is 19.5 Å². The minimum atomic E-state index is 0.207. The van der Waals surface area contributed by atoms with Crippen LogP contribution in [-0.4, -0.2) is 54.8 Å². The number of rotatable bonds is 10. The van der Waals surface area contributed by atoms with Crippen LogP contribution in [0.2, 0.25) is 0 Å². The number of nitrogens with one attached hydrogen (secondary N) is 1. The molecule has 0 radical (unpaired) electrons. The van der Waals surface area contributed by atoms with Gasteiger partial charge in [0.25, 0.3) is 0 Å². The quantitative estimate of drug-likeness (QED) is 0.674. The fourth-order valence-corrected chi connectivity index (χ4v) is 2.69. The van der Waals surface area contributed by atoms with Crippen molar-refractivity contribution in [2.45, 2.75) is 40.7 Å². The van der Waals surface area contributed by atoms with Gasteiger partial charge in [0, 0.05) is 39.0 Å². The Balaban J connectivity index is 2.58. The third-order valence-corrected chi connectivity index (χ3v) is 3.19. The summed E-state index contributed by atoms with van der Waals surface area (Å²) in [6, 6.07) is 0. The Morgan fingerprint density at radius 1 is 1.38 bits per heavy atom. The molecule has 0 aliphatic carbocycles. The van der Waals surface area contributed by atoms with Gasteiger partial charge in [-0.3, -0.25) is 0 Å². The summed E-state index contributed by atoms with van der Waals surface area (Å²) in [5.41, 5.74) is 1.27. The molecule has 0 saturated carbocycles. The SMILES string of the molecule is CCOCCCNc1nc(C)cn1CC(C)(C)CN(C)C. The predicted octanol–water partition coefficient (Wildman–Crippen LogP) is 2.62. The lowest BCUT2D eigenvalue weighted by Gasteiger charge is -2.29. The number of nitrogens with zero attached hydrogens (tertiary/aromatic N) is 3. The first-order chi connectivity index (χ1) is 9.84. The van der Waals surface area contributed by atoms with E-state index in [1.54, 1.807) is 0 Å². The molecule has 1 rings (SSSR count). The molecule has 0 aromatic carbocycles. The fourth-order valence-electron chi connectivity index (χ4n) is 2.69. The van der Waals surface area contributed by atoms with Crippen molar-refractivity contribution in [1.29, 1.82) is 0 Å². The van der Waals surface area contributed by atoms with Crippen LogP contribution in [0.1, 0.15) is 32.9 Å². The van der Waals surface area contributed by atoms with Gasteiger partial charge in [-0.15, -0.1) is 0 Å². The molecule has 1 heterocycles. The van der Waals surface area contributed by atoms with Crippen molar-refractivity contribution < 1.29 is 4.74 Å². The first-order valence-electron chi connectivity index (χ1n) is 7.84. The van der Waals surface area contributed by atoms with Crippen LogP contribution in [0.3, 0.4) is 0 Å². The zero-order valence-electron chi connectivity index (χ0n) is 14.6. The number of aromatic nitrogens is 2. The van der Waals surface area contributed by atoms with Crippen molar-refractivity contribution in [3.63, 3.8) is 0 Å². The van der Waals surface area contributed by atoms with Crippen LogP contribution in [0.5, 0.6) is 0 Å². The molecule has 0 spiro atoms. The highest BCUT2D eigenvalue weighted by Crippen LogP contribution is 2.22. The Morgan fingerprint density at radius 2 is 2.10 bits per heavy atom. The van der Waals surface area contributed by atoms with Crippen molar-refractivity contribution in [2.75, 3.05) is 45.7 Å². The molecule has 0 saturated heterocycles. The van der Waals surface area contributed by atoms with Gasteiger partial charge in [0.1, 0.15) is 0 Å². The molecule has 5 heteroatoms. The molecule has 0 atom stereocenters. The minimum Gasteiger partial charge on any atom is -0.382 e. The summed E-state index contributed by atoms with van der Waals surface area (Å²) >= 11 is 0. The summed E-state index contributed by atoms with van der Waals surface area (Å²) < 4.78 is 7.59. The van der Waals surface area contributed by atoms with E-state index in [1.165, 1.54) is 0 Å². The molecule has 0 aliphatic heterocycles. The standard InChI is InChI=1S/C16H32N4O/c1-7-21-10-8-9-17-15-18-14(2)11-20(15)13-16(3,4)12-19(5)6/h11H,7-10,12-13H2,1-6H3,(H,17,18). The van der Waals surface area contributed by atoms with E-state index < -0.39 is 0 Å². The molecule has 0 fully saturated rings. The number of hydrogen-bond donors (Lipinski definition) is 1. The van der Waals surface area contributed by atoms with E-state index in [2.05, 4.69) is 53.9 Å². The Labute approximate surface area is 129 Å². The van der Waals surface area contributed by atoms with Crippen LogP contribution in [-0.2, 0) is 11.3 Å². The molecular formula is C16H32N4O. The van der Waals surface area contributed by atoms with E-state index in [0.717, 1.165) is 50.9 Å². The van der Waals surface area contributed by atoms with Gasteiger partial charge in [0.05, 0.1) is 5.69 Å². The monoisotopic (exact) mass is 296 g/mol. The Morgan fingerprint density at radius 3 is 2.71 bits per heavy atom. The zero-order chi connectivity index (χ0) is 15.9. The van der Waals surface area contributed by atoms with E-state index in [-0.39, 0.29) is 5.41 Å². The van der Waals surface area contributed by atoms with Crippen LogP contribution in [0.25, 0.3) is 0 Å². The van der Waals surface area contributed by atoms with Gasteiger partial charge >= 0.3 is 0 Å². The second-order valence-corrected chi connectivity index (χ2v) is 6.71. The minimum absolute atomic E-state index is 0.207. The van der Waals surface area contributed by atoms with E-state index >= 15 is 0 Å². The molecule has 21 heavy (non-hydrogen) atoms. The number of ether oxygens (including phenoxy) is 1. The third-order valence-electron chi connectivity index (χ3n) is 3.19. The highest BCUT2D eigenvalue weighted by molar-refractivity contribution is 5.28. The molecule has 5 nitrogen and oxygen atoms in total. The lowest BCUT2D eigenvalue weighted by molar-refractivity contribution is 0.147. The van der Waals surface area contributed by atoms with Crippen LogP contribution < -0.4 is 5.32 Å². The molecule has 0 bridgehead atoms. The number of anilines is 1. The van der Waals surface area contributed by atoms with Crippen LogP contribution in [0, 0.1) is 12.3 Å². The van der Waals surface area contributed by atoms with Crippen molar-refractivity contribution in [2.24, 2.45) is 5.41 Å². The summed E-state index contributed by atoms with van der Waals surface area (Å²) in [5.74, 6) is 0.968. The summed E-state index contributed by atoms with van der Waals surface area (Å²) in [6.07, 6.45) is 3.13. The molecule has 1 aromatic rings. The van der Waals surface area contributed by atoms with Gasteiger partial charge in [-0.1, -0.05) is 13.8 Å². The first kappa shape index (κ1) is 18.0. The summed E-state index contributed by atoms with van der Waals surface area (Å²) in [7, 11) is 4.24. The van der Waals surface area contributed by atoms with E-state index in [1.807, 2.05) is 13.8 Å². The maximum absolute atomic E-state index is 5.36. The van der Waals surface area contributed by atoms with E-state index in [9.17, 15) is 0 Å². The maximum atomic E-state index is 5.36. The normalized spacial score (nSPS) is 12.1. The zero-order valence-corrected chi connectivity index (χ0v) is 14.6. The smallest absolute Gasteiger partial charge is 0.203 e. The van der Waals surface area contributed by atoms with Crippen LogP contribution >= 0.6 is 0 Å². The average molecular weight is 296 g/mol. The van der Waals surface area contributed by atoms with Gasteiger partial charge in [0.15, 0.2) is 0 Å². The maximum Gasteiger partial charge on any atom is 0.203 e.